The molecule has 25 heavy (non-hydrogen) atoms. The number of aliphatic hydroxyl groups is 3. The number of ether oxygens (including phenoxy) is 2. The molecule has 0 saturated carbocycles. The van der Waals surface area contributed by atoms with Gasteiger partial charge in [-0.1, -0.05) is 60.7 Å². The van der Waals surface area contributed by atoms with Gasteiger partial charge in [-0.2, -0.15) is 0 Å². The minimum Gasteiger partial charge on any atom is -0.387 e. The van der Waals surface area contributed by atoms with Gasteiger partial charge >= 0.3 is 0 Å². The van der Waals surface area contributed by atoms with Crippen LogP contribution in [0, 0.1) is 0 Å². The van der Waals surface area contributed by atoms with Crippen LogP contribution in [0.25, 0.3) is 0 Å². The molecular formula is C20H24O5. The summed E-state index contributed by atoms with van der Waals surface area (Å²) in [5.74, 6) is 0. The molecule has 1 heterocycles. The molecule has 134 valence electrons. The molecular weight excluding hydrogens is 320 g/mol. The van der Waals surface area contributed by atoms with Crippen molar-refractivity contribution in [3.05, 3.63) is 71.8 Å². The van der Waals surface area contributed by atoms with Gasteiger partial charge in [0.1, 0.15) is 17.8 Å². The van der Waals surface area contributed by atoms with Crippen LogP contribution in [0.4, 0.5) is 0 Å². The van der Waals surface area contributed by atoms with E-state index in [1.807, 2.05) is 60.7 Å². The molecule has 0 aliphatic carbocycles. The monoisotopic (exact) mass is 344 g/mol. The van der Waals surface area contributed by atoms with Crippen molar-refractivity contribution in [2.24, 2.45) is 0 Å². The molecule has 5 atom stereocenters. The van der Waals surface area contributed by atoms with Gasteiger partial charge in [0.25, 0.3) is 0 Å². The second-order valence-electron chi connectivity index (χ2n) is 6.53. The van der Waals surface area contributed by atoms with Gasteiger partial charge in [0.15, 0.2) is 6.29 Å². The third kappa shape index (κ3) is 3.92. The molecule has 3 N–H and O–H groups in total. The molecule has 2 aromatic carbocycles. The summed E-state index contributed by atoms with van der Waals surface area (Å²) in [6.07, 6.45) is -4.16. The van der Waals surface area contributed by atoms with Gasteiger partial charge in [0.2, 0.25) is 0 Å². The van der Waals surface area contributed by atoms with Gasteiger partial charge in [0.05, 0.1) is 12.7 Å². The minimum atomic E-state index is -1.55. The molecule has 2 aromatic rings. The lowest BCUT2D eigenvalue weighted by Crippen LogP contribution is -2.66. The smallest absolute Gasteiger partial charge is 0.184 e. The van der Waals surface area contributed by atoms with Gasteiger partial charge < -0.3 is 24.8 Å². The molecule has 5 heteroatoms. The van der Waals surface area contributed by atoms with Crippen LogP contribution in [0.3, 0.4) is 0 Å². The Morgan fingerprint density at radius 1 is 0.960 bits per heavy atom. The number of hydrogen-bond donors (Lipinski definition) is 3. The Balaban J connectivity index is 1.75. The van der Waals surface area contributed by atoms with E-state index in [0.717, 1.165) is 11.1 Å². The number of benzene rings is 2. The van der Waals surface area contributed by atoms with E-state index in [0.29, 0.717) is 0 Å². The summed E-state index contributed by atoms with van der Waals surface area (Å²) in [5, 5.41) is 32.0. The molecule has 0 bridgehead atoms. The second-order valence-corrected chi connectivity index (χ2v) is 6.53. The molecule has 1 saturated heterocycles. The predicted molar refractivity (Wildman–Crippen MR) is 92.7 cm³/mol. The highest BCUT2D eigenvalue weighted by Gasteiger charge is 2.53. The Morgan fingerprint density at radius 2 is 1.52 bits per heavy atom. The van der Waals surface area contributed by atoms with E-state index in [-0.39, 0.29) is 13.0 Å². The second kappa shape index (κ2) is 7.64. The molecule has 1 aliphatic rings. The van der Waals surface area contributed by atoms with E-state index in [1.165, 1.54) is 0 Å². The highest BCUT2D eigenvalue weighted by atomic mass is 16.7. The summed E-state index contributed by atoms with van der Waals surface area (Å²) in [6, 6.07) is 18.8. The first-order valence-electron chi connectivity index (χ1n) is 8.44. The average Bonchev–Trinajstić information content (AvgIpc) is 2.62. The Bertz CT molecular complexity index is 662. The van der Waals surface area contributed by atoms with Crippen molar-refractivity contribution in [2.75, 3.05) is 0 Å². The predicted octanol–water partition coefficient (Wildman–Crippen LogP) is 1.64. The quantitative estimate of drug-likeness (QED) is 0.769. The van der Waals surface area contributed by atoms with Crippen LogP contribution in [0.1, 0.15) is 18.1 Å². The van der Waals surface area contributed by atoms with Crippen molar-refractivity contribution in [3.63, 3.8) is 0 Å². The molecule has 0 unspecified atom stereocenters. The topological polar surface area (TPSA) is 79.2 Å². The van der Waals surface area contributed by atoms with Crippen molar-refractivity contribution in [3.8, 4) is 0 Å². The first kappa shape index (κ1) is 18.0. The first-order valence-corrected chi connectivity index (χ1v) is 8.44. The molecule has 0 aromatic heterocycles. The highest BCUT2D eigenvalue weighted by Crippen LogP contribution is 2.34. The summed E-state index contributed by atoms with van der Waals surface area (Å²) < 4.78 is 11.2. The third-order valence-corrected chi connectivity index (χ3v) is 4.77. The van der Waals surface area contributed by atoms with Gasteiger partial charge in [-0.05, 0) is 18.1 Å². The zero-order valence-corrected chi connectivity index (χ0v) is 14.2. The van der Waals surface area contributed by atoms with Crippen molar-refractivity contribution >= 4 is 0 Å². The summed E-state index contributed by atoms with van der Waals surface area (Å²) in [4.78, 5) is 0. The summed E-state index contributed by atoms with van der Waals surface area (Å²) in [7, 11) is 0. The Morgan fingerprint density at radius 3 is 2.12 bits per heavy atom. The van der Waals surface area contributed by atoms with Crippen LogP contribution in [-0.2, 0) is 22.5 Å². The fraction of sp³-hybridized carbons (Fsp3) is 0.400. The van der Waals surface area contributed by atoms with Crippen LogP contribution in [0.15, 0.2) is 60.7 Å². The molecule has 0 amide bonds. The van der Waals surface area contributed by atoms with Crippen LogP contribution >= 0.6 is 0 Å². The maximum absolute atomic E-state index is 11.1. The normalized spacial score (nSPS) is 32.5. The van der Waals surface area contributed by atoms with Gasteiger partial charge in [0, 0.05) is 6.42 Å². The van der Waals surface area contributed by atoms with E-state index in [9.17, 15) is 15.3 Å². The lowest BCUT2D eigenvalue weighted by atomic mass is 9.80. The zero-order chi connectivity index (χ0) is 17.9. The van der Waals surface area contributed by atoms with E-state index in [4.69, 9.17) is 9.47 Å². The zero-order valence-electron chi connectivity index (χ0n) is 14.2. The molecule has 1 aliphatic heterocycles. The summed E-state index contributed by atoms with van der Waals surface area (Å²) >= 11 is 0. The fourth-order valence-electron chi connectivity index (χ4n) is 3.20. The third-order valence-electron chi connectivity index (χ3n) is 4.77. The van der Waals surface area contributed by atoms with Gasteiger partial charge in [-0.15, -0.1) is 0 Å². The molecule has 5 nitrogen and oxygen atoms in total. The lowest BCUT2D eigenvalue weighted by Gasteiger charge is -2.47. The van der Waals surface area contributed by atoms with E-state index in [1.54, 1.807) is 6.92 Å². The molecule has 0 radical (unpaired) electrons. The van der Waals surface area contributed by atoms with Crippen LogP contribution < -0.4 is 0 Å². The maximum Gasteiger partial charge on any atom is 0.184 e. The number of aliphatic hydroxyl groups excluding tert-OH is 2. The SMILES string of the molecule is C[C@H]1O[C@H](O)[C@@H](OCc2ccccc2)[C@@H](O)[C@@]1(O)Cc1ccccc1. The van der Waals surface area contributed by atoms with Gasteiger partial charge in [-0.3, -0.25) is 0 Å². The standard InChI is InChI=1S/C20H24O5/c1-14-20(23,12-15-8-4-2-5-9-15)18(21)17(19(22)25-14)24-13-16-10-6-3-7-11-16/h2-11,14,17-19,21-23H,12-13H2,1H3/t14-,17+,18-,19+,20-/m1/s1. The highest BCUT2D eigenvalue weighted by molar-refractivity contribution is 5.20. The van der Waals surface area contributed by atoms with Crippen molar-refractivity contribution < 1.29 is 24.8 Å². The Hall–Kier alpha value is -1.76. The van der Waals surface area contributed by atoms with Crippen LogP contribution in [0.2, 0.25) is 0 Å². The van der Waals surface area contributed by atoms with Crippen molar-refractivity contribution in [2.45, 2.75) is 50.2 Å². The average molecular weight is 344 g/mol. The van der Waals surface area contributed by atoms with E-state index < -0.39 is 30.2 Å². The molecule has 3 rings (SSSR count). The van der Waals surface area contributed by atoms with E-state index >= 15 is 0 Å². The Labute approximate surface area is 147 Å². The van der Waals surface area contributed by atoms with Crippen molar-refractivity contribution in [1.82, 2.24) is 0 Å². The largest absolute Gasteiger partial charge is 0.387 e. The number of hydrogen-bond acceptors (Lipinski definition) is 5. The first-order chi connectivity index (χ1) is 12.0. The Kier molecular flexibility index (Phi) is 5.51. The molecule has 0 spiro atoms. The summed E-state index contributed by atoms with van der Waals surface area (Å²) in [6.45, 7) is 1.85. The van der Waals surface area contributed by atoms with Crippen LogP contribution in [-0.4, -0.2) is 45.5 Å². The minimum absolute atomic E-state index is 0.202. The van der Waals surface area contributed by atoms with Gasteiger partial charge in [-0.25, -0.2) is 0 Å². The maximum atomic E-state index is 11.1. The molecule has 1 fully saturated rings. The van der Waals surface area contributed by atoms with Crippen LogP contribution in [0.5, 0.6) is 0 Å². The van der Waals surface area contributed by atoms with Crippen molar-refractivity contribution in [1.29, 1.82) is 0 Å². The number of rotatable bonds is 5. The summed E-state index contributed by atoms with van der Waals surface area (Å²) in [5.41, 5.74) is 0.229. The fourth-order valence-corrected chi connectivity index (χ4v) is 3.20. The van der Waals surface area contributed by atoms with E-state index in [2.05, 4.69) is 0 Å². The lowest BCUT2D eigenvalue weighted by molar-refractivity contribution is -0.322.